The Morgan fingerprint density at radius 3 is 2.60 bits per heavy atom. The second-order valence-electron chi connectivity index (χ2n) is 3.58. The van der Waals surface area contributed by atoms with Crippen LogP contribution in [0.15, 0.2) is 43.0 Å². The zero-order chi connectivity index (χ0) is 11.1. The highest BCUT2D eigenvalue weighted by Crippen LogP contribution is 2.13. The Morgan fingerprint density at radius 1 is 1.40 bits per heavy atom. The van der Waals surface area contributed by atoms with Gasteiger partial charge < -0.3 is 5.11 Å². The summed E-state index contributed by atoms with van der Waals surface area (Å²) in [5, 5.41) is 8.93. The van der Waals surface area contributed by atoms with E-state index < -0.39 is 5.97 Å². The van der Waals surface area contributed by atoms with E-state index in [1.54, 1.807) is 6.08 Å². The molecule has 0 heterocycles. The number of benzene rings is 1. The number of hydrogen-bond acceptors (Lipinski definition) is 1. The lowest BCUT2D eigenvalue weighted by Gasteiger charge is -2.09. The van der Waals surface area contributed by atoms with E-state index in [1.165, 1.54) is 5.56 Å². The summed E-state index contributed by atoms with van der Waals surface area (Å²) in [6, 6.07) is 9.94. The van der Waals surface area contributed by atoms with Gasteiger partial charge in [0.05, 0.1) is 5.92 Å². The maximum absolute atomic E-state index is 10.9. The van der Waals surface area contributed by atoms with E-state index in [-0.39, 0.29) is 5.92 Å². The molecule has 0 aromatic heterocycles. The third-order valence-electron chi connectivity index (χ3n) is 2.42. The van der Waals surface area contributed by atoms with Crippen molar-refractivity contribution < 1.29 is 9.90 Å². The number of hydrogen-bond donors (Lipinski definition) is 1. The first-order valence-electron chi connectivity index (χ1n) is 5.11. The molecule has 2 heteroatoms. The zero-order valence-electron chi connectivity index (χ0n) is 8.73. The summed E-state index contributed by atoms with van der Waals surface area (Å²) in [7, 11) is 0. The lowest BCUT2D eigenvalue weighted by atomic mass is 9.97. The third kappa shape index (κ3) is 3.98. The fourth-order valence-corrected chi connectivity index (χ4v) is 1.53. The third-order valence-corrected chi connectivity index (χ3v) is 2.42. The monoisotopic (exact) mass is 204 g/mol. The van der Waals surface area contributed by atoms with Gasteiger partial charge in [-0.2, -0.15) is 0 Å². The number of aryl methyl sites for hydroxylation is 1. The van der Waals surface area contributed by atoms with Crippen LogP contribution >= 0.6 is 0 Å². The molecular formula is C13H16O2. The van der Waals surface area contributed by atoms with Crippen LogP contribution in [0.25, 0.3) is 0 Å². The highest BCUT2D eigenvalue weighted by molar-refractivity contribution is 5.70. The number of rotatable bonds is 6. The summed E-state index contributed by atoms with van der Waals surface area (Å²) in [6.45, 7) is 3.57. The molecule has 0 fully saturated rings. The SMILES string of the molecule is C=CCC(CCc1ccccc1)C(=O)O. The molecule has 0 bridgehead atoms. The van der Waals surface area contributed by atoms with Crippen molar-refractivity contribution in [3.05, 3.63) is 48.6 Å². The molecule has 15 heavy (non-hydrogen) atoms. The van der Waals surface area contributed by atoms with Gasteiger partial charge in [0.25, 0.3) is 0 Å². The molecule has 1 aromatic rings. The molecule has 0 radical (unpaired) electrons. The van der Waals surface area contributed by atoms with Crippen molar-refractivity contribution in [2.75, 3.05) is 0 Å². The number of allylic oxidation sites excluding steroid dienone is 1. The molecular weight excluding hydrogens is 188 g/mol. The summed E-state index contributed by atoms with van der Waals surface area (Å²) in [4.78, 5) is 10.9. The van der Waals surface area contributed by atoms with Gasteiger partial charge in [0, 0.05) is 0 Å². The first kappa shape index (κ1) is 11.5. The van der Waals surface area contributed by atoms with Crippen LogP contribution in [0.5, 0.6) is 0 Å². The summed E-state index contributed by atoms with van der Waals surface area (Å²) < 4.78 is 0. The first-order valence-corrected chi connectivity index (χ1v) is 5.11. The first-order chi connectivity index (χ1) is 7.24. The van der Waals surface area contributed by atoms with E-state index in [1.807, 2.05) is 30.3 Å². The maximum Gasteiger partial charge on any atom is 0.306 e. The number of carbonyl (C=O) groups is 1. The summed E-state index contributed by atoms with van der Waals surface area (Å²) in [5.41, 5.74) is 1.19. The second kappa shape index (κ2) is 6.02. The summed E-state index contributed by atoms with van der Waals surface area (Å²) in [6.07, 6.45) is 3.70. The molecule has 80 valence electrons. The smallest absolute Gasteiger partial charge is 0.306 e. The van der Waals surface area contributed by atoms with Crippen molar-refractivity contribution in [3.8, 4) is 0 Å². The van der Waals surface area contributed by atoms with Crippen LogP contribution in [-0.4, -0.2) is 11.1 Å². The largest absolute Gasteiger partial charge is 0.481 e. The zero-order valence-corrected chi connectivity index (χ0v) is 8.73. The molecule has 1 aromatic carbocycles. The quantitative estimate of drug-likeness (QED) is 0.723. The fourth-order valence-electron chi connectivity index (χ4n) is 1.53. The molecule has 0 aliphatic rings. The second-order valence-corrected chi connectivity index (χ2v) is 3.58. The standard InChI is InChI=1S/C13H16O2/c1-2-6-12(13(14)15)10-9-11-7-4-3-5-8-11/h2-5,7-8,12H,1,6,9-10H2,(H,14,15). The Balaban J connectivity index is 2.47. The van der Waals surface area contributed by atoms with Crippen molar-refractivity contribution in [2.45, 2.75) is 19.3 Å². The molecule has 0 amide bonds. The van der Waals surface area contributed by atoms with Crippen LogP contribution in [0.1, 0.15) is 18.4 Å². The summed E-state index contributed by atoms with van der Waals surface area (Å²) >= 11 is 0. The van der Waals surface area contributed by atoms with Crippen LogP contribution in [0.4, 0.5) is 0 Å². The molecule has 1 rings (SSSR count). The number of carboxylic acids is 1. The molecule has 0 saturated carbocycles. The van der Waals surface area contributed by atoms with Crippen molar-refractivity contribution >= 4 is 5.97 Å². The normalized spacial score (nSPS) is 12.0. The predicted molar refractivity (Wildman–Crippen MR) is 60.7 cm³/mol. The molecule has 2 nitrogen and oxygen atoms in total. The Labute approximate surface area is 90.3 Å². The van der Waals surface area contributed by atoms with Gasteiger partial charge in [-0.3, -0.25) is 4.79 Å². The summed E-state index contributed by atoms with van der Waals surface area (Å²) in [5.74, 6) is -1.03. The lowest BCUT2D eigenvalue weighted by Crippen LogP contribution is -2.13. The topological polar surface area (TPSA) is 37.3 Å². The molecule has 0 spiro atoms. The van der Waals surface area contributed by atoms with Crippen molar-refractivity contribution in [3.63, 3.8) is 0 Å². The Morgan fingerprint density at radius 2 is 2.07 bits per heavy atom. The average molecular weight is 204 g/mol. The Kier molecular flexibility index (Phi) is 4.61. The fraction of sp³-hybridized carbons (Fsp3) is 0.308. The van der Waals surface area contributed by atoms with Gasteiger partial charge in [-0.1, -0.05) is 36.4 Å². The highest BCUT2D eigenvalue weighted by Gasteiger charge is 2.14. The molecule has 0 aliphatic carbocycles. The molecule has 1 atom stereocenters. The minimum atomic E-state index is -0.731. The molecule has 0 saturated heterocycles. The van der Waals surface area contributed by atoms with Gasteiger partial charge in [0.1, 0.15) is 0 Å². The van der Waals surface area contributed by atoms with Crippen LogP contribution in [0.3, 0.4) is 0 Å². The number of carboxylic acid groups (broad SMARTS) is 1. The van der Waals surface area contributed by atoms with Gasteiger partial charge in [0.2, 0.25) is 0 Å². The van der Waals surface area contributed by atoms with Crippen molar-refractivity contribution in [1.82, 2.24) is 0 Å². The predicted octanol–water partition coefficient (Wildman–Crippen LogP) is 2.90. The van der Waals surface area contributed by atoms with Gasteiger partial charge in [0.15, 0.2) is 0 Å². The van der Waals surface area contributed by atoms with Gasteiger partial charge in [-0.25, -0.2) is 0 Å². The van der Waals surface area contributed by atoms with E-state index in [0.717, 1.165) is 6.42 Å². The Hall–Kier alpha value is -1.57. The minimum Gasteiger partial charge on any atom is -0.481 e. The van der Waals surface area contributed by atoms with Crippen LogP contribution in [0.2, 0.25) is 0 Å². The van der Waals surface area contributed by atoms with Gasteiger partial charge >= 0.3 is 5.97 Å². The van der Waals surface area contributed by atoms with Crippen molar-refractivity contribution in [2.24, 2.45) is 5.92 Å². The minimum absolute atomic E-state index is 0.303. The van der Waals surface area contributed by atoms with Crippen LogP contribution < -0.4 is 0 Å². The van der Waals surface area contributed by atoms with Crippen LogP contribution in [-0.2, 0) is 11.2 Å². The molecule has 1 unspecified atom stereocenters. The van der Waals surface area contributed by atoms with Crippen LogP contribution in [0, 0.1) is 5.92 Å². The average Bonchev–Trinajstić information content (AvgIpc) is 2.25. The van der Waals surface area contributed by atoms with E-state index in [4.69, 9.17) is 5.11 Å². The number of aliphatic carboxylic acids is 1. The lowest BCUT2D eigenvalue weighted by molar-refractivity contribution is -0.141. The maximum atomic E-state index is 10.9. The van der Waals surface area contributed by atoms with E-state index in [2.05, 4.69) is 6.58 Å². The van der Waals surface area contributed by atoms with E-state index >= 15 is 0 Å². The van der Waals surface area contributed by atoms with E-state index in [0.29, 0.717) is 12.8 Å². The van der Waals surface area contributed by atoms with Gasteiger partial charge in [-0.05, 0) is 24.8 Å². The van der Waals surface area contributed by atoms with Gasteiger partial charge in [-0.15, -0.1) is 6.58 Å². The highest BCUT2D eigenvalue weighted by atomic mass is 16.4. The molecule has 0 aliphatic heterocycles. The molecule has 1 N–H and O–H groups in total. The van der Waals surface area contributed by atoms with E-state index in [9.17, 15) is 4.79 Å². The van der Waals surface area contributed by atoms with Crippen molar-refractivity contribution in [1.29, 1.82) is 0 Å². The Bertz CT molecular complexity index is 317.